The molecule has 0 aromatic carbocycles. The number of aliphatic carboxylic acids is 2. The number of nitrogens with one attached hydrogen (secondary N) is 4. The first kappa shape index (κ1) is 33.6. The molecule has 0 saturated carbocycles. The van der Waals surface area contributed by atoms with E-state index < -0.39 is 18.0 Å². The summed E-state index contributed by atoms with van der Waals surface area (Å²) in [7, 11) is 0. The molecule has 2 aromatic heterocycles. The lowest BCUT2D eigenvalue weighted by Crippen LogP contribution is -2.30. The summed E-state index contributed by atoms with van der Waals surface area (Å²) in [6, 6.07) is -1.07. The number of carbonyl (C=O) groups is 4. The third-order valence-corrected chi connectivity index (χ3v) is 9.15. The van der Waals surface area contributed by atoms with Crippen molar-refractivity contribution in [2.75, 3.05) is 0 Å². The Morgan fingerprint density at radius 2 is 1.78 bits per heavy atom. The minimum atomic E-state index is -1.03. The highest BCUT2D eigenvalue weighted by molar-refractivity contribution is 7.83. The zero-order valence-corrected chi connectivity index (χ0v) is 26.8. The average Bonchev–Trinajstić information content (AvgIpc) is 3.61. The van der Waals surface area contributed by atoms with Crippen molar-refractivity contribution in [2.24, 2.45) is 17.6 Å². The molecule has 2 aliphatic heterocycles. The van der Waals surface area contributed by atoms with Crippen LogP contribution in [0.25, 0.3) is 6.08 Å². The second-order valence-corrected chi connectivity index (χ2v) is 12.1. The van der Waals surface area contributed by atoms with Gasteiger partial charge in [-0.3, -0.25) is 19.2 Å². The normalized spacial score (nSPS) is 21.6. The van der Waals surface area contributed by atoms with Crippen LogP contribution in [0, 0.1) is 25.7 Å². The number of carbonyl (C=O) groups excluding carboxylic acids is 2. The lowest BCUT2D eigenvalue weighted by molar-refractivity contribution is -0.138. The Kier molecular flexibility index (Phi) is 10.3. The minimum Gasteiger partial charge on any atom is -0.481 e. The van der Waals surface area contributed by atoms with Gasteiger partial charge in [-0.1, -0.05) is 25.7 Å². The van der Waals surface area contributed by atoms with Crippen LogP contribution in [0.5, 0.6) is 0 Å². The molecule has 0 radical (unpaired) electrons. The number of nitrogens with two attached hydrogens (primary N) is 1. The van der Waals surface area contributed by atoms with Gasteiger partial charge in [0.15, 0.2) is 0 Å². The number of rotatable bonds is 13. The van der Waals surface area contributed by atoms with Crippen molar-refractivity contribution in [3.8, 4) is 0 Å². The van der Waals surface area contributed by atoms with E-state index in [4.69, 9.17) is 5.73 Å². The van der Waals surface area contributed by atoms with Crippen LogP contribution < -0.4 is 16.4 Å². The van der Waals surface area contributed by atoms with Gasteiger partial charge >= 0.3 is 11.9 Å². The number of aromatic amines is 2. The Morgan fingerprint density at radius 3 is 2.38 bits per heavy atom. The highest BCUT2D eigenvalue weighted by Crippen LogP contribution is 2.34. The fraction of sp³-hybridized carbons (Fsp3) is 0.394. The summed E-state index contributed by atoms with van der Waals surface area (Å²) < 4.78 is 0. The van der Waals surface area contributed by atoms with Gasteiger partial charge in [-0.2, -0.15) is 12.6 Å². The Balaban J connectivity index is 1.79. The lowest BCUT2D eigenvalue weighted by atomic mass is 9.94. The maximum Gasteiger partial charge on any atom is 0.305 e. The van der Waals surface area contributed by atoms with E-state index in [-0.39, 0.29) is 49.0 Å². The molecule has 0 spiro atoms. The first-order valence-electron chi connectivity index (χ1n) is 14.8. The third-order valence-electron chi connectivity index (χ3n) is 8.98. The number of amides is 2. The molecule has 4 rings (SSSR count). The molecule has 8 N–H and O–H groups in total. The zero-order valence-electron chi connectivity index (χ0n) is 25.9. The molecule has 0 unspecified atom stereocenters. The number of carboxylic acids is 2. The van der Waals surface area contributed by atoms with Crippen molar-refractivity contribution in [1.82, 2.24) is 20.6 Å². The first-order chi connectivity index (χ1) is 21.3. The van der Waals surface area contributed by atoms with Gasteiger partial charge < -0.3 is 36.5 Å². The molecular formula is C33H41N5O6S. The Labute approximate surface area is 267 Å². The summed E-state index contributed by atoms with van der Waals surface area (Å²) in [6.07, 6.45) is 5.91. The number of allylic oxidation sites excluding steroid dienone is 1. The molecule has 1 saturated heterocycles. The van der Waals surface area contributed by atoms with Crippen LogP contribution in [-0.2, 0) is 38.4 Å². The van der Waals surface area contributed by atoms with Gasteiger partial charge in [0, 0.05) is 71.2 Å². The summed E-state index contributed by atoms with van der Waals surface area (Å²) in [4.78, 5) is 55.1. The van der Waals surface area contributed by atoms with E-state index in [0.717, 1.165) is 39.3 Å². The molecular weight excluding hydrogens is 594 g/mol. The highest BCUT2D eigenvalue weighted by atomic mass is 32.1. The third kappa shape index (κ3) is 7.02. The van der Waals surface area contributed by atoms with Crippen molar-refractivity contribution in [3.05, 3.63) is 86.0 Å². The lowest BCUT2D eigenvalue weighted by Gasteiger charge is -2.14. The second kappa shape index (κ2) is 13.8. The fourth-order valence-electron chi connectivity index (χ4n) is 6.43. The van der Waals surface area contributed by atoms with Crippen molar-refractivity contribution < 1.29 is 29.4 Å². The summed E-state index contributed by atoms with van der Waals surface area (Å²) >= 11 is 4.20. The molecule has 4 heterocycles. The summed E-state index contributed by atoms with van der Waals surface area (Å²) in [5.41, 5.74) is 14.8. The second-order valence-electron chi connectivity index (χ2n) is 11.8. The Morgan fingerprint density at radius 1 is 1.07 bits per heavy atom. The van der Waals surface area contributed by atoms with Crippen LogP contribution in [0.15, 0.2) is 41.0 Å². The largest absolute Gasteiger partial charge is 0.481 e. The zero-order chi connectivity index (χ0) is 33.2. The predicted molar refractivity (Wildman–Crippen MR) is 174 cm³/mol. The minimum absolute atomic E-state index is 0.0838. The molecule has 2 amide bonds. The number of thiol groups is 1. The van der Waals surface area contributed by atoms with Crippen LogP contribution in [-0.4, -0.2) is 50.0 Å². The van der Waals surface area contributed by atoms with Crippen LogP contribution >= 0.6 is 12.6 Å². The Bertz CT molecular complexity index is 1640. The van der Waals surface area contributed by atoms with Gasteiger partial charge in [0.2, 0.25) is 5.91 Å². The number of carboxylic acid groups (broad SMARTS) is 2. The van der Waals surface area contributed by atoms with Gasteiger partial charge in [0.05, 0.1) is 12.5 Å². The van der Waals surface area contributed by atoms with E-state index >= 15 is 0 Å². The number of H-pyrrole nitrogens is 2. The standard InChI is InChI=1S/C33H41N5O6S/c1-6-19-15(2)24(37-33(19)44)12-25-18(5)31(22(34)11-30(41)42)28(36-25)14-26-20(7-8-29(39)40)16(3)23(35-26)13-27-21(9-10-45)17(4)32(43)38-27/h6,9-10,13,17,21-22,24,35-36,45H,1,7-8,11-12,14,34H2,2-5H3,(H,37,44)(H,38,43)(H,39,40)(H,41,42)/b10-9+,27-13-/t17-,21-,22+,24-/m1/s1. The summed E-state index contributed by atoms with van der Waals surface area (Å²) in [5.74, 6) is -2.70. The maximum atomic E-state index is 12.5. The summed E-state index contributed by atoms with van der Waals surface area (Å²) in [5, 5.41) is 26.6. The molecule has 45 heavy (non-hydrogen) atoms. The number of hydrogen-bond donors (Lipinski definition) is 8. The smallest absolute Gasteiger partial charge is 0.305 e. The van der Waals surface area contributed by atoms with Crippen molar-refractivity contribution >= 4 is 42.5 Å². The van der Waals surface area contributed by atoms with E-state index in [0.29, 0.717) is 35.4 Å². The Hall–Kier alpha value is -4.29. The molecule has 1 fully saturated rings. The van der Waals surface area contributed by atoms with Crippen LogP contribution in [0.3, 0.4) is 0 Å². The van der Waals surface area contributed by atoms with E-state index in [1.165, 1.54) is 0 Å². The van der Waals surface area contributed by atoms with Crippen LogP contribution in [0.1, 0.15) is 77.8 Å². The van der Waals surface area contributed by atoms with E-state index in [2.05, 4.69) is 39.8 Å². The van der Waals surface area contributed by atoms with Crippen LogP contribution in [0.4, 0.5) is 0 Å². The first-order valence-corrected chi connectivity index (χ1v) is 15.4. The van der Waals surface area contributed by atoms with Gasteiger partial charge in [-0.15, -0.1) is 0 Å². The molecule has 11 nitrogen and oxygen atoms in total. The van der Waals surface area contributed by atoms with Crippen molar-refractivity contribution in [1.29, 1.82) is 0 Å². The van der Waals surface area contributed by atoms with E-state index in [1.54, 1.807) is 11.5 Å². The highest BCUT2D eigenvalue weighted by Gasteiger charge is 2.34. The fourth-order valence-corrected chi connectivity index (χ4v) is 6.61. The summed E-state index contributed by atoms with van der Waals surface area (Å²) in [6.45, 7) is 11.3. The molecule has 4 atom stereocenters. The predicted octanol–water partition coefficient (Wildman–Crippen LogP) is 3.75. The molecule has 2 aromatic rings. The van der Waals surface area contributed by atoms with Gasteiger partial charge in [0.25, 0.3) is 5.91 Å². The SMILES string of the molecule is C=CC1=C(C)[C@@H](Cc2[nH]c(Cc3[nH]c(/C=C4\NC(=O)[C@H](C)[C@H]4/C=C/S)c(C)c3CCC(=O)O)c([C@@H](N)CC(=O)O)c2C)NC1=O. The molecule has 0 bridgehead atoms. The monoisotopic (exact) mass is 635 g/mol. The maximum absolute atomic E-state index is 12.5. The van der Waals surface area contributed by atoms with Crippen LogP contribution in [0.2, 0.25) is 0 Å². The van der Waals surface area contributed by atoms with Gasteiger partial charge in [-0.05, 0) is 66.5 Å². The van der Waals surface area contributed by atoms with Crippen molar-refractivity contribution in [3.63, 3.8) is 0 Å². The number of aromatic nitrogens is 2. The van der Waals surface area contributed by atoms with Gasteiger partial charge in [-0.25, -0.2) is 0 Å². The quantitative estimate of drug-likeness (QED) is 0.154. The topological polar surface area (TPSA) is 190 Å². The number of hydrogen-bond acceptors (Lipinski definition) is 6. The molecule has 0 aliphatic carbocycles. The van der Waals surface area contributed by atoms with E-state index in [9.17, 15) is 29.4 Å². The molecule has 2 aliphatic rings. The van der Waals surface area contributed by atoms with Gasteiger partial charge in [0.1, 0.15) is 0 Å². The average molecular weight is 636 g/mol. The molecule has 240 valence electrons. The van der Waals surface area contributed by atoms with Crippen molar-refractivity contribution in [2.45, 2.75) is 71.9 Å². The molecule has 12 heteroatoms. The van der Waals surface area contributed by atoms with E-state index in [1.807, 2.05) is 39.8 Å².